The molecule has 0 nitrogen and oxygen atoms in total. The van der Waals surface area contributed by atoms with Crippen LogP contribution in [0.4, 0.5) is 0 Å². The fourth-order valence-electron chi connectivity index (χ4n) is 10.8. The van der Waals surface area contributed by atoms with Crippen LogP contribution in [0.5, 0.6) is 0 Å². The number of rotatable bonds is 0. The van der Waals surface area contributed by atoms with E-state index < -0.39 is 0 Å². The first kappa shape index (κ1) is 34.5. The highest BCUT2D eigenvalue weighted by Crippen LogP contribution is 2.66. The number of hydrogen-bond donors (Lipinski definition) is 0. The second-order valence-corrected chi connectivity index (χ2v) is 19.0. The van der Waals surface area contributed by atoms with Gasteiger partial charge >= 0.3 is 0 Å². The molecule has 0 heteroatoms. The van der Waals surface area contributed by atoms with Crippen LogP contribution in [-0.4, -0.2) is 0 Å². The minimum absolute atomic E-state index is 0.553. The Labute approximate surface area is 254 Å². The van der Waals surface area contributed by atoms with Crippen LogP contribution < -0.4 is 0 Å². The van der Waals surface area contributed by atoms with E-state index in [9.17, 15) is 0 Å². The maximum Gasteiger partial charge on any atom is -0.0241 e. The Morgan fingerprint density at radius 1 is 0.625 bits per heavy atom. The van der Waals surface area contributed by atoms with Crippen molar-refractivity contribution in [3.8, 4) is 0 Å². The summed E-state index contributed by atoms with van der Waals surface area (Å²) in [6, 6.07) is 0. The molecule has 4 atom stereocenters. The predicted octanol–water partition coefficient (Wildman–Crippen LogP) is 13.4. The van der Waals surface area contributed by atoms with Crippen LogP contribution in [0.1, 0.15) is 186 Å². The molecule has 0 unspecified atom stereocenters. The van der Waals surface area contributed by atoms with Gasteiger partial charge in [0.15, 0.2) is 0 Å². The second kappa shape index (κ2) is 13.7. The van der Waals surface area contributed by atoms with Gasteiger partial charge in [-0.1, -0.05) is 122 Å². The molecule has 0 N–H and O–H groups in total. The zero-order chi connectivity index (χ0) is 29.9. The van der Waals surface area contributed by atoms with E-state index in [1.54, 1.807) is 38.5 Å². The van der Waals surface area contributed by atoms with Gasteiger partial charge in [-0.2, -0.15) is 0 Å². The molecule has 0 aromatic rings. The third kappa shape index (κ3) is 8.13. The Hall–Kier alpha value is 0. The zero-order valence-electron chi connectivity index (χ0n) is 29.9. The lowest BCUT2D eigenvalue weighted by molar-refractivity contribution is -0.124. The van der Waals surface area contributed by atoms with E-state index in [0.29, 0.717) is 16.2 Å². The van der Waals surface area contributed by atoms with Gasteiger partial charge in [-0.05, 0) is 133 Å². The van der Waals surface area contributed by atoms with Crippen molar-refractivity contribution in [2.24, 2.45) is 69.0 Å². The van der Waals surface area contributed by atoms with Crippen molar-refractivity contribution in [2.45, 2.75) is 186 Å². The van der Waals surface area contributed by atoms with E-state index >= 15 is 0 Å². The number of fused-ring (bicyclic) bond motifs is 2. The molecule has 40 heavy (non-hydrogen) atoms. The van der Waals surface area contributed by atoms with E-state index in [1.807, 2.05) is 0 Å². The van der Waals surface area contributed by atoms with Crippen molar-refractivity contribution in [1.82, 2.24) is 0 Å². The summed E-state index contributed by atoms with van der Waals surface area (Å²) < 4.78 is 0. The van der Waals surface area contributed by atoms with Crippen molar-refractivity contribution in [2.75, 3.05) is 0 Å². The monoisotopic (exact) mass is 557 g/mol. The lowest BCUT2D eigenvalue weighted by atomic mass is 9.43. The average Bonchev–Trinajstić information content (AvgIpc) is 2.79. The fourth-order valence-corrected chi connectivity index (χ4v) is 10.8. The molecule has 0 amide bonds. The summed E-state index contributed by atoms with van der Waals surface area (Å²) >= 11 is 0. The molecule has 0 spiro atoms. The van der Waals surface area contributed by atoms with Crippen LogP contribution in [0, 0.1) is 69.0 Å². The summed E-state index contributed by atoms with van der Waals surface area (Å²) in [5, 5.41) is 0. The van der Waals surface area contributed by atoms with Gasteiger partial charge in [0, 0.05) is 0 Å². The highest BCUT2D eigenvalue weighted by molar-refractivity contribution is 5.06. The van der Waals surface area contributed by atoms with Gasteiger partial charge < -0.3 is 0 Å². The Balaban J connectivity index is 0.000000159. The van der Waals surface area contributed by atoms with Crippen molar-refractivity contribution in [3.05, 3.63) is 0 Å². The normalized spacial score (nSPS) is 40.0. The van der Waals surface area contributed by atoms with E-state index in [4.69, 9.17) is 0 Å². The molecule has 0 radical (unpaired) electrons. The molecule has 0 heterocycles. The molecule has 8 saturated carbocycles. The summed E-state index contributed by atoms with van der Waals surface area (Å²) in [4.78, 5) is 0. The number of hydrogen-bond acceptors (Lipinski definition) is 0. The molecule has 0 aromatic carbocycles. The molecule has 0 aromatic heterocycles. The molecule has 8 aliphatic rings. The largest absolute Gasteiger partial charge is 0.0656 e. The second-order valence-electron chi connectivity index (χ2n) is 19.0. The van der Waals surface area contributed by atoms with Crippen LogP contribution in [0.15, 0.2) is 0 Å². The topological polar surface area (TPSA) is 0 Å². The van der Waals surface area contributed by atoms with Crippen LogP contribution in [-0.2, 0) is 0 Å². The maximum atomic E-state index is 2.49. The first-order chi connectivity index (χ1) is 18.5. The quantitative estimate of drug-likeness (QED) is 0.278. The van der Waals surface area contributed by atoms with E-state index in [2.05, 4.69) is 83.1 Å². The van der Waals surface area contributed by atoms with Crippen LogP contribution in [0.2, 0.25) is 0 Å². The smallest absolute Gasteiger partial charge is 0.0241 e. The molecule has 236 valence electrons. The Kier molecular flexibility index (Phi) is 11.9. The molecule has 0 aliphatic heterocycles. The lowest BCUT2D eigenvalue weighted by Crippen LogP contribution is -2.54. The third-order valence-electron chi connectivity index (χ3n) is 13.7. The van der Waals surface area contributed by atoms with Crippen molar-refractivity contribution in [1.29, 1.82) is 0 Å². The van der Waals surface area contributed by atoms with E-state index in [1.165, 1.54) is 64.2 Å². The lowest BCUT2D eigenvalue weighted by Gasteiger charge is -2.62. The SMILES string of the molecule is CC(C)(C)C12CC3CC(CC(C3)C1)C2.CC(C)(C)C1CCCCCCC1.CCC.C[C@H]1[C@H](C)C[C@@H]2C[C@H]1C2(C)C. The first-order valence-electron chi connectivity index (χ1n) is 18.5. The summed E-state index contributed by atoms with van der Waals surface area (Å²) in [6.45, 7) is 28.7. The molecule has 8 fully saturated rings. The summed E-state index contributed by atoms with van der Waals surface area (Å²) in [6.07, 6.45) is 24.0. The molecular formula is C40H76. The summed E-state index contributed by atoms with van der Waals surface area (Å²) in [5.74, 6) is 8.39. The fraction of sp³-hybridized carbons (Fsp3) is 1.00. The zero-order valence-corrected chi connectivity index (χ0v) is 29.9. The van der Waals surface area contributed by atoms with E-state index in [0.717, 1.165) is 52.8 Å². The van der Waals surface area contributed by atoms with Crippen LogP contribution in [0.3, 0.4) is 0 Å². The Morgan fingerprint density at radius 3 is 1.38 bits per heavy atom. The molecule has 8 rings (SSSR count). The van der Waals surface area contributed by atoms with E-state index in [-0.39, 0.29) is 0 Å². The van der Waals surface area contributed by atoms with Crippen molar-refractivity contribution in [3.63, 3.8) is 0 Å². The van der Waals surface area contributed by atoms with Crippen molar-refractivity contribution >= 4 is 0 Å². The molecule has 8 aliphatic carbocycles. The van der Waals surface area contributed by atoms with Gasteiger partial charge in [0.2, 0.25) is 0 Å². The summed E-state index contributed by atoms with van der Waals surface area (Å²) in [5.41, 5.74) is 2.54. The van der Waals surface area contributed by atoms with Crippen LogP contribution >= 0.6 is 0 Å². The van der Waals surface area contributed by atoms with Gasteiger partial charge in [0.1, 0.15) is 0 Å². The standard InChI is InChI=1S/C14H24.C12H24.C11H20.C3H8/c1-13(2,3)14-7-10-4-11(8-14)6-12(5-10)9-14;1-12(2,3)11-9-7-5-4-6-8-10-11;1-7-5-9-6-10(8(7)2)11(9,3)4;1-3-2/h10-12H,4-9H2,1-3H3;11H,4-10H2,1-3H3;7-10H,5-6H2,1-4H3;3H2,1-2H3/t;;7-,8+,9-,10-;/m..1./s1. The Bertz CT molecular complexity index is 698. The average molecular weight is 557 g/mol. The van der Waals surface area contributed by atoms with Gasteiger partial charge in [-0.25, -0.2) is 0 Å². The third-order valence-corrected chi connectivity index (χ3v) is 13.7. The first-order valence-corrected chi connectivity index (χ1v) is 18.5. The van der Waals surface area contributed by atoms with Gasteiger partial charge in [0.05, 0.1) is 0 Å². The highest BCUT2D eigenvalue weighted by Gasteiger charge is 2.56. The minimum atomic E-state index is 0.553. The Morgan fingerprint density at radius 2 is 1.05 bits per heavy atom. The molecule has 0 saturated heterocycles. The van der Waals surface area contributed by atoms with Gasteiger partial charge in [0.25, 0.3) is 0 Å². The minimum Gasteiger partial charge on any atom is -0.0656 e. The maximum absolute atomic E-state index is 2.49. The highest BCUT2D eigenvalue weighted by atomic mass is 14.6. The molecule has 6 bridgehead atoms. The van der Waals surface area contributed by atoms with Crippen LogP contribution in [0.25, 0.3) is 0 Å². The predicted molar refractivity (Wildman–Crippen MR) is 180 cm³/mol. The van der Waals surface area contributed by atoms with Crippen molar-refractivity contribution < 1.29 is 0 Å². The van der Waals surface area contributed by atoms with Gasteiger partial charge in [-0.3, -0.25) is 0 Å². The summed E-state index contributed by atoms with van der Waals surface area (Å²) in [7, 11) is 0. The van der Waals surface area contributed by atoms with Gasteiger partial charge in [-0.15, -0.1) is 0 Å². The molecular weight excluding hydrogens is 480 g/mol.